The summed E-state index contributed by atoms with van der Waals surface area (Å²) in [6, 6.07) is 14.8. The molecular weight excluding hydrogens is 398 g/mol. The fraction of sp³-hybridized carbons (Fsp3) is 0.481. The number of hydrogen-bond donors (Lipinski definition) is 0. The van der Waals surface area contributed by atoms with Gasteiger partial charge in [0, 0.05) is 32.0 Å². The topological polar surface area (TPSA) is 47.4 Å². The van der Waals surface area contributed by atoms with Crippen LogP contribution in [0.4, 0.5) is 0 Å². The first-order chi connectivity index (χ1) is 15.5. The largest absolute Gasteiger partial charge is 0.493 e. The Bertz CT molecular complexity index is 1090. The van der Waals surface area contributed by atoms with E-state index in [1.165, 1.54) is 11.1 Å². The highest BCUT2D eigenvalue weighted by atomic mass is 16.5. The first kappa shape index (κ1) is 22.4. The number of carbonyl (C=O) groups excluding carboxylic acids is 1. The van der Waals surface area contributed by atoms with Gasteiger partial charge in [0.05, 0.1) is 17.6 Å². The van der Waals surface area contributed by atoms with Crippen molar-refractivity contribution < 1.29 is 9.53 Å². The molecule has 5 nitrogen and oxygen atoms in total. The molecule has 170 valence electrons. The molecule has 1 aliphatic heterocycles. The molecule has 0 saturated carbocycles. The SMILES string of the molecule is CCN1CC(c2nc3ccccc3n2CCCCOc2cc(C)ccc2C(C)C)CC1=O. The summed E-state index contributed by atoms with van der Waals surface area (Å²) in [5, 5.41) is 0. The number of hydrogen-bond acceptors (Lipinski definition) is 3. The Morgan fingerprint density at radius 1 is 1.16 bits per heavy atom. The van der Waals surface area contributed by atoms with Gasteiger partial charge in [-0.15, -0.1) is 0 Å². The molecule has 3 aromatic rings. The summed E-state index contributed by atoms with van der Waals surface area (Å²) in [5.41, 5.74) is 4.67. The molecule has 0 radical (unpaired) electrons. The minimum atomic E-state index is 0.173. The number of amides is 1. The Kier molecular flexibility index (Phi) is 6.83. The molecule has 0 aliphatic carbocycles. The summed E-state index contributed by atoms with van der Waals surface area (Å²) in [7, 11) is 0. The smallest absolute Gasteiger partial charge is 0.223 e. The van der Waals surface area contributed by atoms with Gasteiger partial charge in [-0.2, -0.15) is 0 Å². The Hall–Kier alpha value is -2.82. The first-order valence-corrected chi connectivity index (χ1v) is 11.9. The lowest BCUT2D eigenvalue weighted by Crippen LogP contribution is -2.24. The molecule has 2 aromatic carbocycles. The number of ether oxygens (including phenoxy) is 1. The average molecular weight is 434 g/mol. The van der Waals surface area contributed by atoms with Crippen molar-refractivity contribution in [1.29, 1.82) is 0 Å². The van der Waals surface area contributed by atoms with Crippen LogP contribution < -0.4 is 4.74 Å². The molecule has 4 rings (SSSR count). The van der Waals surface area contributed by atoms with Crippen molar-refractivity contribution in [2.24, 2.45) is 0 Å². The molecule has 2 heterocycles. The van der Waals surface area contributed by atoms with Gasteiger partial charge in [-0.3, -0.25) is 4.79 Å². The molecule has 1 aromatic heterocycles. The zero-order chi connectivity index (χ0) is 22.7. The van der Waals surface area contributed by atoms with Crippen LogP contribution in [-0.4, -0.2) is 40.1 Å². The lowest BCUT2D eigenvalue weighted by molar-refractivity contribution is -0.127. The summed E-state index contributed by atoms with van der Waals surface area (Å²) in [6.45, 7) is 11.7. The van der Waals surface area contributed by atoms with Crippen LogP contribution in [0.5, 0.6) is 5.75 Å². The molecule has 0 N–H and O–H groups in total. The van der Waals surface area contributed by atoms with Gasteiger partial charge < -0.3 is 14.2 Å². The Morgan fingerprint density at radius 3 is 2.72 bits per heavy atom. The average Bonchev–Trinajstić information content (AvgIpc) is 3.33. The van der Waals surface area contributed by atoms with E-state index >= 15 is 0 Å². The van der Waals surface area contributed by atoms with Crippen LogP contribution in [0.1, 0.15) is 68.8 Å². The van der Waals surface area contributed by atoms with Crippen molar-refractivity contribution in [3.63, 3.8) is 0 Å². The highest BCUT2D eigenvalue weighted by Gasteiger charge is 2.33. The summed E-state index contributed by atoms with van der Waals surface area (Å²) in [4.78, 5) is 19.2. The van der Waals surface area contributed by atoms with E-state index in [0.29, 0.717) is 18.9 Å². The van der Waals surface area contributed by atoms with Gasteiger partial charge in [0.25, 0.3) is 0 Å². The van der Waals surface area contributed by atoms with Gasteiger partial charge in [-0.05, 0) is 61.9 Å². The quantitative estimate of drug-likeness (QED) is 0.409. The van der Waals surface area contributed by atoms with Crippen molar-refractivity contribution in [2.45, 2.75) is 65.3 Å². The molecular formula is C27H35N3O2. The van der Waals surface area contributed by atoms with Crippen molar-refractivity contribution in [3.05, 3.63) is 59.4 Å². The maximum Gasteiger partial charge on any atom is 0.223 e. The summed E-state index contributed by atoms with van der Waals surface area (Å²) >= 11 is 0. The third-order valence-electron chi connectivity index (χ3n) is 6.47. The number of fused-ring (bicyclic) bond motifs is 1. The minimum absolute atomic E-state index is 0.173. The molecule has 1 amide bonds. The first-order valence-electron chi connectivity index (χ1n) is 11.9. The number of nitrogens with zero attached hydrogens (tertiary/aromatic N) is 3. The third kappa shape index (κ3) is 4.67. The van der Waals surface area contributed by atoms with E-state index in [4.69, 9.17) is 9.72 Å². The summed E-state index contributed by atoms with van der Waals surface area (Å²) < 4.78 is 8.51. The number of benzene rings is 2. The number of likely N-dealkylation sites (N-methyl/N-ethyl adjacent to an activating group) is 1. The van der Waals surface area contributed by atoms with E-state index in [-0.39, 0.29) is 11.8 Å². The van der Waals surface area contributed by atoms with Crippen LogP contribution in [0, 0.1) is 6.92 Å². The number of imidazole rings is 1. The fourth-order valence-electron chi connectivity index (χ4n) is 4.69. The normalized spacial score (nSPS) is 16.5. The van der Waals surface area contributed by atoms with Crippen LogP contribution in [0.3, 0.4) is 0 Å². The van der Waals surface area contributed by atoms with E-state index in [0.717, 1.165) is 55.1 Å². The van der Waals surface area contributed by atoms with Gasteiger partial charge in [-0.1, -0.05) is 38.1 Å². The number of carbonyl (C=O) groups is 1. The van der Waals surface area contributed by atoms with Crippen molar-refractivity contribution in [1.82, 2.24) is 14.5 Å². The zero-order valence-corrected chi connectivity index (χ0v) is 19.8. The molecule has 1 aliphatic rings. The van der Waals surface area contributed by atoms with Gasteiger partial charge >= 0.3 is 0 Å². The Morgan fingerprint density at radius 2 is 1.97 bits per heavy atom. The second-order valence-electron chi connectivity index (χ2n) is 9.20. The van der Waals surface area contributed by atoms with Crippen LogP contribution in [0.25, 0.3) is 11.0 Å². The number of likely N-dealkylation sites (tertiary alicyclic amines) is 1. The molecule has 0 spiro atoms. The van der Waals surface area contributed by atoms with E-state index in [2.05, 4.69) is 61.7 Å². The number of unbranched alkanes of at least 4 members (excludes halogenated alkanes) is 1. The van der Waals surface area contributed by atoms with Gasteiger partial charge in [-0.25, -0.2) is 4.98 Å². The highest BCUT2D eigenvalue weighted by Crippen LogP contribution is 2.31. The Labute approximate surface area is 191 Å². The molecule has 1 atom stereocenters. The van der Waals surface area contributed by atoms with Gasteiger partial charge in [0.15, 0.2) is 0 Å². The van der Waals surface area contributed by atoms with Crippen LogP contribution in [0.2, 0.25) is 0 Å². The summed E-state index contributed by atoms with van der Waals surface area (Å²) in [5.74, 6) is 2.92. The van der Waals surface area contributed by atoms with E-state index in [9.17, 15) is 4.79 Å². The molecule has 1 unspecified atom stereocenters. The predicted octanol–water partition coefficient (Wildman–Crippen LogP) is 5.66. The fourth-order valence-corrected chi connectivity index (χ4v) is 4.69. The van der Waals surface area contributed by atoms with Gasteiger partial charge in [0.1, 0.15) is 11.6 Å². The highest BCUT2D eigenvalue weighted by molar-refractivity contribution is 5.80. The zero-order valence-electron chi connectivity index (χ0n) is 19.8. The standard InChI is InChI=1S/C27H35N3O2/c1-5-29-18-21(17-26(29)31)27-28-23-10-6-7-11-24(23)30(27)14-8-9-15-32-25-16-20(4)12-13-22(25)19(2)3/h6-7,10-13,16,19,21H,5,8-9,14-15,17-18H2,1-4H3. The molecule has 5 heteroatoms. The Balaban J connectivity index is 1.43. The second kappa shape index (κ2) is 9.76. The number of aromatic nitrogens is 2. The number of rotatable bonds is 9. The monoisotopic (exact) mass is 433 g/mol. The maximum atomic E-state index is 12.3. The van der Waals surface area contributed by atoms with E-state index < -0.39 is 0 Å². The van der Waals surface area contributed by atoms with Crippen LogP contribution in [-0.2, 0) is 11.3 Å². The number of para-hydroxylation sites is 2. The molecule has 0 bridgehead atoms. The van der Waals surface area contributed by atoms with Crippen LogP contribution >= 0.6 is 0 Å². The lowest BCUT2D eigenvalue weighted by atomic mass is 10.0. The molecule has 1 fully saturated rings. The van der Waals surface area contributed by atoms with Crippen LogP contribution in [0.15, 0.2) is 42.5 Å². The van der Waals surface area contributed by atoms with E-state index in [1.54, 1.807) is 0 Å². The predicted molar refractivity (Wildman–Crippen MR) is 129 cm³/mol. The van der Waals surface area contributed by atoms with Crippen molar-refractivity contribution in [3.8, 4) is 5.75 Å². The number of aryl methyl sites for hydroxylation is 2. The second-order valence-corrected chi connectivity index (χ2v) is 9.20. The maximum absolute atomic E-state index is 12.3. The summed E-state index contributed by atoms with van der Waals surface area (Å²) in [6.07, 6.45) is 2.54. The van der Waals surface area contributed by atoms with E-state index in [1.807, 2.05) is 17.9 Å². The minimum Gasteiger partial charge on any atom is -0.493 e. The van der Waals surface area contributed by atoms with Crippen molar-refractivity contribution in [2.75, 3.05) is 19.7 Å². The molecule has 1 saturated heterocycles. The molecule has 32 heavy (non-hydrogen) atoms. The van der Waals surface area contributed by atoms with Crippen molar-refractivity contribution >= 4 is 16.9 Å². The van der Waals surface area contributed by atoms with Gasteiger partial charge in [0.2, 0.25) is 5.91 Å². The third-order valence-corrected chi connectivity index (χ3v) is 6.47. The lowest BCUT2D eigenvalue weighted by Gasteiger charge is -2.16.